The molecule has 3 heterocycles. The fourth-order valence-corrected chi connectivity index (χ4v) is 4.51. The molecule has 2 aromatic rings. The van der Waals surface area contributed by atoms with Gasteiger partial charge in [0.2, 0.25) is 0 Å². The Morgan fingerprint density at radius 3 is 2.80 bits per heavy atom. The first-order chi connectivity index (χ1) is 9.58. The molecule has 1 aliphatic rings. The van der Waals surface area contributed by atoms with Crippen molar-refractivity contribution in [2.75, 3.05) is 30.3 Å². The van der Waals surface area contributed by atoms with E-state index in [9.17, 15) is 9.00 Å². The standard InChI is InChI=1S/C13H15N3O2S2/c1-8-2-3-15-12-9(8)10(14)11(19-12)13(17)16-4-6-20(18)7-5-16/h2-3H,4-7,14H2,1H3. The third kappa shape index (κ3) is 2.20. The second-order valence-corrected chi connectivity index (χ2v) is 7.49. The van der Waals surface area contributed by atoms with Crippen LogP contribution in [0.2, 0.25) is 0 Å². The van der Waals surface area contributed by atoms with Crippen molar-refractivity contribution in [3.63, 3.8) is 0 Å². The van der Waals surface area contributed by atoms with E-state index in [2.05, 4.69) is 4.98 Å². The highest BCUT2D eigenvalue weighted by atomic mass is 32.2. The van der Waals surface area contributed by atoms with Gasteiger partial charge in [-0.3, -0.25) is 9.00 Å². The maximum Gasteiger partial charge on any atom is 0.266 e. The van der Waals surface area contributed by atoms with Crippen molar-refractivity contribution in [2.24, 2.45) is 0 Å². The van der Waals surface area contributed by atoms with E-state index in [1.807, 2.05) is 13.0 Å². The van der Waals surface area contributed by atoms with Crippen LogP contribution in [0.1, 0.15) is 15.2 Å². The Bertz CT molecular complexity index is 701. The summed E-state index contributed by atoms with van der Waals surface area (Å²) >= 11 is 1.34. The van der Waals surface area contributed by atoms with Crippen LogP contribution in [0.25, 0.3) is 10.2 Å². The fraction of sp³-hybridized carbons (Fsp3) is 0.385. The van der Waals surface area contributed by atoms with Crippen LogP contribution in [0, 0.1) is 6.92 Å². The summed E-state index contributed by atoms with van der Waals surface area (Å²) in [5.41, 5.74) is 7.69. The maximum atomic E-state index is 12.5. The molecule has 7 heteroatoms. The number of fused-ring (bicyclic) bond motifs is 1. The van der Waals surface area contributed by atoms with Gasteiger partial charge in [-0.15, -0.1) is 11.3 Å². The zero-order chi connectivity index (χ0) is 14.3. The van der Waals surface area contributed by atoms with E-state index in [-0.39, 0.29) is 5.91 Å². The van der Waals surface area contributed by atoms with Gasteiger partial charge in [0.15, 0.2) is 0 Å². The minimum Gasteiger partial charge on any atom is -0.397 e. The number of thiophene rings is 1. The second-order valence-electron chi connectivity index (χ2n) is 4.79. The predicted octanol–water partition coefficient (Wildman–Crippen LogP) is 1.39. The first-order valence-corrected chi connectivity index (χ1v) is 8.66. The van der Waals surface area contributed by atoms with Crippen LogP contribution < -0.4 is 5.73 Å². The van der Waals surface area contributed by atoms with E-state index in [4.69, 9.17) is 5.73 Å². The number of nitrogens with two attached hydrogens (primary N) is 1. The van der Waals surface area contributed by atoms with Crippen LogP contribution in [-0.2, 0) is 10.8 Å². The van der Waals surface area contributed by atoms with Crippen molar-refractivity contribution >= 4 is 43.9 Å². The van der Waals surface area contributed by atoms with E-state index in [1.54, 1.807) is 11.1 Å². The Hall–Kier alpha value is -1.47. The summed E-state index contributed by atoms with van der Waals surface area (Å²) in [5.74, 6) is 1.03. The molecule has 0 unspecified atom stereocenters. The van der Waals surface area contributed by atoms with Gasteiger partial charge in [0.25, 0.3) is 5.91 Å². The summed E-state index contributed by atoms with van der Waals surface area (Å²) in [6.45, 7) is 3.03. The Morgan fingerprint density at radius 1 is 1.45 bits per heavy atom. The van der Waals surface area contributed by atoms with Crippen LogP contribution in [0.4, 0.5) is 5.69 Å². The fourth-order valence-electron chi connectivity index (χ4n) is 2.35. The van der Waals surface area contributed by atoms with Gasteiger partial charge < -0.3 is 10.6 Å². The van der Waals surface area contributed by atoms with Gasteiger partial charge in [0.1, 0.15) is 9.71 Å². The molecule has 1 fully saturated rings. The topological polar surface area (TPSA) is 76.3 Å². The summed E-state index contributed by atoms with van der Waals surface area (Å²) in [5, 5.41) is 0.876. The molecule has 20 heavy (non-hydrogen) atoms. The van der Waals surface area contributed by atoms with Gasteiger partial charge in [-0.2, -0.15) is 0 Å². The molecule has 0 saturated carbocycles. The molecule has 0 aromatic carbocycles. The molecule has 2 aromatic heterocycles. The van der Waals surface area contributed by atoms with Gasteiger partial charge in [0, 0.05) is 47.0 Å². The van der Waals surface area contributed by atoms with Crippen molar-refractivity contribution in [1.29, 1.82) is 0 Å². The maximum absolute atomic E-state index is 12.5. The number of nitrogens with zero attached hydrogens (tertiary/aromatic N) is 2. The number of aryl methyl sites for hydroxylation is 1. The van der Waals surface area contributed by atoms with Gasteiger partial charge in [-0.1, -0.05) is 0 Å². The Balaban J connectivity index is 1.98. The molecular formula is C13H15N3O2S2. The van der Waals surface area contributed by atoms with E-state index in [0.29, 0.717) is 35.2 Å². The monoisotopic (exact) mass is 309 g/mol. The van der Waals surface area contributed by atoms with Crippen molar-refractivity contribution in [3.8, 4) is 0 Å². The lowest BCUT2D eigenvalue weighted by atomic mass is 10.1. The highest BCUT2D eigenvalue weighted by Crippen LogP contribution is 2.35. The smallest absolute Gasteiger partial charge is 0.266 e. The first kappa shape index (κ1) is 13.5. The quantitative estimate of drug-likeness (QED) is 0.863. The molecule has 1 saturated heterocycles. The zero-order valence-electron chi connectivity index (χ0n) is 11.1. The number of nitrogen functional groups attached to an aromatic ring is 1. The van der Waals surface area contributed by atoms with E-state index in [0.717, 1.165) is 15.8 Å². The summed E-state index contributed by atoms with van der Waals surface area (Å²) in [6, 6.07) is 1.89. The number of anilines is 1. The van der Waals surface area contributed by atoms with Gasteiger partial charge >= 0.3 is 0 Å². The first-order valence-electron chi connectivity index (χ1n) is 6.35. The zero-order valence-corrected chi connectivity index (χ0v) is 12.7. The molecule has 3 rings (SSSR count). The summed E-state index contributed by atoms with van der Waals surface area (Å²) in [6.07, 6.45) is 1.73. The molecule has 1 amide bonds. The average Bonchev–Trinajstić information content (AvgIpc) is 2.77. The van der Waals surface area contributed by atoms with E-state index < -0.39 is 10.8 Å². The Morgan fingerprint density at radius 2 is 2.15 bits per heavy atom. The number of hydrogen-bond acceptors (Lipinski definition) is 5. The molecule has 5 nitrogen and oxygen atoms in total. The number of rotatable bonds is 1. The van der Waals surface area contributed by atoms with Crippen molar-refractivity contribution in [1.82, 2.24) is 9.88 Å². The average molecular weight is 309 g/mol. The number of pyridine rings is 1. The minimum absolute atomic E-state index is 0.0680. The molecule has 0 spiro atoms. The predicted molar refractivity (Wildman–Crippen MR) is 82.5 cm³/mol. The van der Waals surface area contributed by atoms with Gasteiger partial charge in [-0.05, 0) is 18.6 Å². The SMILES string of the molecule is Cc1ccnc2sc(C(=O)N3CCS(=O)CC3)c(N)c12. The summed E-state index contributed by atoms with van der Waals surface area (Å²) < 4.78 is 11.4. The lowest BCUT2D eigenvalue weighted by Crippen LogP contribution is -2.41. The number of amides is 1. The third-order valence-electron chi connectivity index (χ3n) is 3.50. The molecule has 0 bridgehead atoms. The van der Waals surface area contributed by atoms with Crippen LogP contribution >= 0.6 is 11.3 Å². The highest BCUT2D eigenvalue weighted by Gasteiger charge is 2.25. The lowest BCUT2D eigenvalue weighted by molar-refractivity contribution is 0.0777. The number of carbonyl (C=O) groups excluding carboxylic acids is 1. The van der Waals surface area contributed by atoms with Crippen molar-refractivity contribution in [2.45, 2.75) is 6.92 Å². The molecular weight excluding hydrogens is 294 g/mol. The Kier molecular flexibility index (Phi) is 3.47. The Labute approximate surface area is 123 Å². The van der Waals surface area contributed by atoms with Crippen molar-refractivity contribution in [3.05, 3.63) is 22.7 Å². The molecule has 0 radical (unpaired) electrons. The summed E-state index contributed by atoms with van der Waals surface area (Å²) in [7, 11) is -0.792. The van der Waals surface area contributed by atoms with Gasteiger partial charge in [0.05, 0.1) is 5.69 Å². The normalized spacial score (nSPS) is 16.8. The van der Waals surface area contributed by atoms with Crippen molar-refractivity contribution < 1.29 is 9.00 Å². The van der Waals surface area contributed by atoms with Crippen LogP contribution in [0.5, 0.6) is 0 Å². The van der Waals surface area contributed by atoms with E-state index in [1.165, 1.54) is 11.3 Å². The van der Waals surface area contributed by atoms with Crippen LogP contribution in [-0.4, -0.2) is 44.6 Å². The minimum atomic E-state index is -0.792. The molecule has 0 atom stereocenters. The number of carbonyl (C=O) groups is 1. The molecule has 2 N–H and O–H groups in total. The second kappa shape index (κ2) is 5.14. The third-order valence-corrected chi connectivity index (χ3v) is 5.87. The van der Waals surface area contributed by atoms with E-state index >= 15 is 0 Å². The number of aromatic nitrogens is 1. The lowest BCUT2D eigenvalue weighted by Gasteiger charge is -2.25. The highest BCUT2D eigenvalue weighted by molar-refractivity contribution is 7.85. The van der Waals surface area contributed by atoms with Crippen LogP contribution in [0.15, 0.2) is 12.3 Å². The summed E-state index contributed by atoms with van der Waals surface area (Å²) in [4.78, 5) is 19.9. The number of hydrogen-bond donors (Lipinski definition) is 1. The van der Waals surface area contributed by atoms with Crippen LogP contribution in [0.3, 0.4) is 0 Å². The molecule has 1 aliphatic heterocycles. The molecule has 0 aliphatic carbocycles. The molecule has 106 valence electrons. The largest absolute Gasteiger partial charge is 0.397 e. The van der Waals surface area contributed by atoms with Gasteiger partial charge in [-0.25, -0.2) is 4.98 Å².